The van der Waals surface area contributed by atoms with Gasteiger partial charge in [0.1, 0.15) is 5.82 Å². The van der Waals surface area contributed by atoms with Gasteiger partial charge in [-0.3, -0.25) is 0 Å². The summed E-state index contributed by atoms with van der Waals surface area (Å²) in [6.07, 6.45) is 1.37. The number of rotatable bonds is 2. The molecular formula is C8H13BN2O2. The van der Waals surface area contributed by atoms with Crippen molar-refractivity contribution in [2.75, 3.05) is 5.73 Å². The summed E-state index contributed by atoms with van der Waals surface area (Å²) in [4.78, 5) is 3.88. The predicted octanol–water partition coefficient (Wildman–Crippen LogP) is -0.533. The Morgan fingerprint density at radius 2 is 2.08 bits per heavy atom. The standard InChI is InChI=1S/C8H13BN2O2/c1-5(2)7-3-6(9(12)13)4-11-8(7)10/h3-5,12-13H,1-2H3,(H2,10,11). The molecule has 4 nitrogen and oxygen atoms in total. The first kappa shape index (κ1) is 10.0. The Kier molecular flexibility index (Phi) is 2.90. The van der Waals surface area contributed by atoms with E-state index in [4.69, 9.17) is 15.8 Å². The third-order valence-electron chi connectivity index (χ3n) is 1.89. The number of anilines is 1. The minimum Gasteiger partial charge on any atom is -0.423 e. The Labute approximate surface area is 77.6 Å². The summed E-state index contributed by atoms with van der Waals surface area (Å²) in [5.41, 5.74) is 6.83. The van der Waals surface area contributed by atoms with Gasteiger partial charge in [0.15, 0.2) is 0 Å². The maximum Gasteiger partial charge on any atom is 0.490 e. The second-order valence-corrected chi connectivity index (χ2v) is 3.27. The molecule has 0 saturated heterocycles. The molecule has 0 fully saturated rings. The van der Waals surface area contributed by atoms with Gasteiger partial charge >= 0.3 is 7.12 Å². The summed E-state index contributed by atoms with van der Waals surface area (Å²) in [6.45, 7) is 3.95. The second-order valence-electron chi connectivity index (χ2n) is 3.27. The summed E-state index contributed by atoms with van der Waals surface area (Å²) in [5, 5.41) is 17.8. The van der Waals surface area contributed by atoms with Crippen LogP contribution in [0.3, 0.4) is 0 Å². The maximum absolute atomic E-state index is 8.90. The first-order chi connectivity index (χ1) is 6.02. The summed E-state index contributed by atoms with van der Waals surface area (Å²) in [6, 6.07) is 1.66. The van der Waals surface area contributed by atoms with Crippen molar-refractivity contribution in [2.24, 2.45) is 0 Å². The third kappa shape index (κ3) is 2.20. The Morgan fingerprint density at radius 1 is 1.46 bits per heavy atom. The molecule has 4 N–H and O–H groups in total. The molecule has 0 amide bonds. The SMILES string of the molecule is CC(C)c1cc(B(O)O)cnc1N. The van der Waals surface area contributed by atoms with Gasteiger partial charge in [0, 0.05) is 11.7 Å². The summed E-state index contributed by atoms with van der Waals surface area (Å²) in [7, 11) is -1.48. The van der Waals surface area contributed by atoms with E-state index in [2.05, 4.69) is 4.98 Å². The van der Waals surface area contributed by atoms with E-state index in [1.165, 1.54) is 6.20 Å². The first-order valence-electron chi connectivity index (χ1n) is 4.13. The van der Waals surface area contributed by atoms with Crippen molar-refractivity contribution >= 4 is 18.4 Å². The van der Waals surface area contributed by atoms with E-state index in [1.54, 1.807) is 6.07 Å². The van der Waals surface area contributed by atoms with Crippen molar-refractivity contribution in [3.05, 3.63) is 17.8 Å². The fourth-order valence-electron chi connectivity index (χ4n) is 1.11. The summed E-state index contributed by atoms with van der Waals surface area (Å²) in [5.74, 6) is 0.672. The van der Waals surface area contributed by atoms with Gasteiger partial charge in [0.05, 0.1) is 0 Å². The number of aromatic nitrogens is 1. The highest BCUT2D eigenvalue weighted by molar-refractivity contribution is 6.58. The number of hydrogen-bond donors (Lipinski definition) is 3. The van der Waals surface area contributed by atoms with Crippen LogP contribution >= 0.6 is 0 Å². The van der Waals surface area contributed by atoms with Crippen molar-refractivity contribution in [1.82, 2.24) is 4.98 Å². The van der Waals surface area contributed by atoms with Crippen molar-refractivity contribution in [3.8, 4) is 0 Å². The quantitative estimate of drug-likeness (QED) is 0.534. The molecule has 5 heteroatoms. The molecule has 0 atom stereocenters. The molecule has 1 rings (SSSR count). The number of nitrogens with zero attached hydrogens (tertiary/aromatic N) is 1. The highest BCUT2D eigenvalue weighted by Gasteiger charge is 2.14. The topological polar surface area (TPSA) is 79.4 Å². The Hall–Kier alpha value is -1.07. The number of pyridine rings is 1. The van der Waals surface area contributed by atoms with Crippen LogP contribution in [0.1, 0.15) is 25.3 Å². The maximum atomic E-state index is 8.90. The van der Waals surface area contributed by atoms with Crippen LogP contribution in [0.2, 0.25) is 0 Å². The fourth-order valence-corrected chi connectivity index (χ4v) is 1.11. The van der Waals surface area contributed by atoms with Gasteiger partial charge in [-0.05, 0) is 11.5 Å². The van der Waals surface area contributed by atoms with Crippen LogP contribution < -0.4 is 11.2 Å². The Balaban J connectivity index is 3.11. The monoisotopic (exact) mass is 180 g/mol. The van der Waals surface area contributed by atoms with Gasteiger partial charge in [-0.25, -0.2) is 4.98 Å². The zero-order valence-electron chi connectivity index (χ0n) is 7.73. The predicted molar refractivity (Wildman–Crippen MR) is 52.6 cm³/mol. The highest BCUT2D eigenvalue weighted by Crippen LogP contribution is 2.17. The fraction of sp³-hybridized carbons (Fsp3) is 0.375. The van der Waals surface area contributed by atoms with Crippen LogP contribution in [0, 0.1) is 0 Å². The smallest absolute Gasteiger partial charge is 0.423 e. The number of nitrogen functional groups attached to an aromatic ring is 1. The molecule has 0 aliphatic heterocycles. The van der Waals surface area contributed by atoms with E-state index in [-0.39, 0.29) is 5.92 Å². The molecule has 0 radical (unpaired) electrons. The normalized spacial score (nSPS) is 10.5. The lowest BCUT2D eigenvalue weighted by atomic mass is 9.80. The van der Waals surface area contributed by atoms with Crippen LogP contribution in [0.5, 0.6) is 0 Å². The minimum absolute atomic E-state index is 0.228. The zero-order valence-corrected chi connectivity index (χ0v) is 7.73. The van der Waals surface area contributed by atoms with Gasteiger partial charge < -0.3 is 15.8 Å². The molecule has 0 bridgehead atoms. The molecule has 1 aromatic rings. The van der Waals surface area contributed by atoms with E-state index >= 15 is 0 Å². The molecule has 0 saturated carbocycles. The average molecular weight is 180 g/mol. The van der Waals surface area contributed by atoms with Gasteiger partial charge in [0.2, 0.25) is 0 Å². The number of nitrogens with two attached hydrogens (primary N) is 1. The van der Waals surface area contributed by atoms with E-state index < -0.39 is 7.12 Å². The van der Waals surface area contributed by atoms with Crippen LogP contribution in [-0.2, 0) is 0 Å². The highest BCUT2D eigenvalue weighted by atomic mass is 16.4. The lowest BCUT2D eigenvalue weighted by Gasteiger charge is -2.09. The van der Waals surface area contributed by atoms with Crippen molar-refractivity contribution in [1.29, 1.82) is 0 Å². The second kappa shape index (κ2) is 3.76. The van der Waals surface area contributed by atoms with Crippen LogP contribution in [0.15, 0.2) is 12.3 Å². The largest absolute Gasteiger partial charge is 0.490 e. The van der Waals surface area contributed by atoms with Crippen molar-refractivity contribution < 1.29 is 10.0 Å². The van der Waals surface area contributed by atoms with Crippen LogP contribution in [0.25, 0.3) is 0 Å². The van der Waals surface area contributed by atoms with E-state index in [9.17, 15) is 0 Å². The average Bonchev–Trinajstić information content (AvgIpc) is 2.04. The van der Waals surface area contributed by atoms with E-state index in [1.807, 2.05) is 13.8 Å². The van der Waals surface area contributed by atoms with Crippen molar-refractivity contribution in [2.45, 2.75) is 19.8 Å². The third-order valence-corrected chi connectivity index (χ3v) is 1.89. The molecule has 0 aromatic carbocycles. The molecule has 0 aliphatic carbocycles. The van der Waals surface area contributed by atoms with Gasteiger partial charge in [0.25, 0.3) is 0 Å². The van der Waals surface area contributed by atoms with Crippen LogP contribution in [0.4, 0.5) is 5.82 Å². The lowest BCUT2D eigenvalue weighted by molar-refractivity contribution is 0.425. The van der Waals surface area contributed by atoms with Crippen molar-refractivity contribution in [3.63, 3.8) is 0 Å². The Morgan fingerprint density at radius 3 is 2.54 bits per heavy atom. The first-order valence-corrected chi connectivity index (χ1v) is 4.13. The van der Waals surface area contributed by atoms with Crippen LogP contribution in [-0.4, -0.2) is 22.2 Å². The summed E-state index contributed by atoms with van der Waals surface area (Å²) < 4.78 is 0. The zero-order chi connectivity index (χ0) is 10.0. The molecule has 1 heterocycles. The minimum atomic E-state index is -1.48. The molecule has 0 spiro atoms. The van der Waals surface area contributed by atoms with Gasteiger partial charge in [-0.15, -0.1) is 0 Å². The molecule has 13 heavy (non-hydrogen) atoms. The molecule has 0 aliphatic rings. The van der Waals surface area contributed by atoms with Gasteiger partial charge in [-0.1, -0.05) is 19.9 Å². The molecule has 1 aromatic heterocycles. The van der Waals surface area contributed by atoms with E-state index in [0.717, 1.165) is 5.56 Å². The van der Waals surface area contributed by atoms with Gasteiger partial charge in [-0.2, -0.15) is 0 Å². The molecular weight excluding hydrogens is 167 g/mol. The molecule has 0 unspecified atom stereocenters. The van der Waals surface area contributed by atoms with E-state index in [0.29, 0.717) is 11.3 Å². The molecule has 70 valence electrons. The Bertz CT molecular complexity index is 302. The number of hydrogen-bond acceptors (Lipinski definition) is 4. The lowest BCUT2D eigenvalue weighted by Crippen LogP contribution is -2.31. The summed E-state index contributed by atoms with van der Waals surface area (Å²) >= 11 is 0.